The summed E-state index contributed by atoms with van der Waals surface area (Å²) in [6.45, 7) is 2.96. The van der Waals surface area contributed by atoms with Crippen LogP contribution < -0.4 is 15.4 Å². The summed E-state index contributed by atoms with van der Waals surface area (Å²) in [5.41, 5.74) is 2.57. The third-order valence-electron chi connectivity index (χ3n) is 6.30. The lowest BCUT2D eigenvalue weighted by atomic mass is 9.90. The van der Waals surface area contributed by atoms with E-state index < -0.39 is 16.1 Å². The van der Waals surface area contributed by atoms with Gasteiger partial charge in [0.2, 0.25) is 15.9 Å². The van der Waals surface area contributed by atoms with Crippen molar-refractivity contribution in [3.8, 4) is 0 Å². The van der Waals surface area contributed by atoms with Crippen LogP contribution in [0.15, 0.2) is 65.6 Å². The molecule has 2 atom stereocenters. The number of hydrogen-bond donors (Lipinski definition) is 3. The van der Waals surface area contributed by atoms with Crippen molar-refractivity contribution in [3.63, 3.8) is 0 Å². The van der Waals surface area contributed by atoms with Crippen molar-refractivity contribution < 1.29 is 13.2 Å². The minimum Gasteiger partial charge on any atom is -0.355 e. The summed E-state index contributed by atoms with van der Waals surface area (Å²) < 4.78 is 30.0. The summed E-state index contributed by atoms with van der Waals surface area (Å²) in [4.78, 5) is 13.1. The Labute approximate surface area is 211 Å². The molecule has 0 spiro atoms. The number of aromatic nitrogens is 2. The van der Waals surface area contributed by atoms with E-state index >= 15 is 0 Å². The largest absolute Gasteiger partial charge is 0.355 e. The van der Waals surface area contributed by atoms with Gasteiger partial charge in [0.25, 0.3) is 0 Å². The summed E-state index contributed by atoms with van der Waals surface area (Å²) in [6, 6.07) is 19.7. The number of nitrogens with one attached hydrogen (secondary N) is 3. The number of hydrogen-bond acceptors (Lipinski definition) is 5. The Morgan fingerprint density at radius 2 is 1.71 bits per heavy atom. The Hall–Kier alpha value is -2.72. The molecule has 0 aliphatic carbocycles. The SMILES string of the molecule is Cc1nn(C)c(Cl)c1S(=O)(=O)N[C@@H]1CNC[C@@H](C(=O)NCC(c2ccccc2)c2ccccc2)C1. The standard InChI is InChI=1S/C25H30ClN5O3S/c1-17-23(24(26)31(2)29-17)35(33,34)30-21-13-20(14-27-15-21)25(32)28-16-22(18-9-5-3-6-10-18)19-11-7-4-8-12-19/h3-12,20-22,27,30H,13-16H2,1-2H3,(H,28,32)/t20-,21-/m0/s1. The number of halogens is 1. The van der Waals surface area contributed by atoms with Gasteiger partial charge >= 0.3 is 0 Å². The molecule has 1 aliphatic rings. The van der Waals surface area contributed by atoms with Crippen molar-refractivity contribution >= 4 is 27.5 Å². The van der Waals surface area contributed by atoms with Gasteiger partial charge in [-0.25, -0.2) is 13.1 Å². The van der Waals surface area contributed by atoms with E-state index in [9.17, 15) is 13.2 Å². The van der Waals surface area contributed by atoms with E-state index in [0.29, 0.717) is 31.7 Å². The highest BCUT2D eigenvalue weighted by Crippen LogP contribution is 2.26. The van der Waals surface area contributed by atoms with Crippen molar-refractivity contribution in [3.05, 3.63) is 82.6 Å². The minimum atomic E-state index is -3.88. The minimum absolute atomic E-state index is 0.0166. The zero-order valence-corrected chi connectivity index (χ0v) is 21.3. The molecule has 10 heteroatoms. The van der Waals surface area contributed by atoms with E-state index in [1.54, 1.807) is 14.0 Å². The number of carbonyl (C=O) groups excluding carboxylic acids is 1. The molecule has 1 saturated heterocycles. The van der Waals surface area contributed by atoms with Gasteiger partial charge in [-0.3, -0.25) is 9.48 Å². The van der Waals surface area contributed by atoms with Crippen molar-refractivity contribution in [1.29, 1.82) is 0 Å². The molecule has 186 valence electrons. The quantitative estimate of drug-likeness (QED) is 0.427. The molecule has 1 fully saturated rings. The molecule has 3 N–H and O–H groups in total. The number of aryl methyl sites for hydroxylation is 2. The van der Waals surface area contributed by atoms with Crippen LogP contribution in [-0.2, 0) is 21.9 Å². The first-order valence-electron chi connectivity index (χ1n) is 11.6. The van der Waals surface area contributed by atoms with Crippen LogP contribution >= 0.6 is 11.6 Å². The fourth-order valence-electron chi connectivity index (χ4n) is 4.57. The number of nitrogens with zero attached hydrogens (tertiary/aromatic N) is 2. The van der Waals surface area contributed by atoms with E-state index in [0.717, 1.165) is 11.1 Å². The number of carbonyl (C=O) groups is 1. The molecule has 0 radical (unpaired) electrons. The second-order valence-electron chi connectivity index (χ2n) is 8.86. The highest BCUT2D eigenvalue weighted by atomic mass is 35.5. The maximum atomic E-state index is 13.1. The van der Waals surface area contributed by atoms with E-state index in [-0.39, 0.29) is 27.8 Å². The first kappa shape index (κ1) is 25.4. The van der Waals surface area contributed by atoms with E-state index in [1.807, 2.05) is 36.4 Å². The van der Waals surface area contributed by atoms with Crippen LogP contribution in [0.1, 0.15) is 29.2 Å². The summed E-state index contributed by atoms with van der Waals surface area (Å²) in [5, 5.41) is 10.4. The summed E-state index contributed by atoms with van der Waals surface area (Å²) in [7, 11) is -2.29. The highest BCUT2D eigenvalue weighted by molar-refractivity contribution is 7.89. The lowest BCUT2D eigenvalue weighted by Crippen LogP contribution is -2.52. The fourth-order valence-corrected chi connectivity index (χ4v) is 6.57. The molecule has 8 nitrogen and oxygen atoms in total. The molecule has 1 aromatic heterocycles. The van der Waals surface area contributed by atoms with Crippen LogP contribution in [0.4, 0.5) is 0 Å². The molecule has 2 heterocycles. The molecular formula is C25H30ClN5O3S. The first-order chi connectivity index (χ1) is 16.8. The summed E-state index contributed by atoms with van der Waals surface area (Å²) in [5.74, 6) is -0.453. The Kier molecular flexibility index (Phi) is 7.91. The number of piperidine rings is 1. The molecule has 0 unspecified atom stereocenters. The second-order valence-corrected chi connectivity index (χ2v) is 10.9. The van der Waals surface area contributed by atoms with Crippen molar-refractivity contribution in [1.82, 2.24) is 25.1 Å². The zero-order valence-electron chi connectivity index (χ0n) is 19.7. The second kappa shape index (κ2) is 10.9. The summed E-state index contributed by atoms with van der Waals surface area (Å²) in [6.07, 6.45) is 0.385. The average Bonchev–Trinajstić information content (AvgIpc) is 3.12. The van der Waals surface area contributed by atoms with E-state index in [1.165, 1.54) is 4.68 Å². The Morgan fingerprint density at radius 3 is 2.26 bits per heavy atom. The molecule has 3 aromatic rings. The topological polar surface area (TPSA) is 105 Å². The van der Waals surface area contributed by atoms with Gasteiger partial charge in [-0.2, -0.15) is 5.10 Å². The highest BCUT2D eigenvalue weighted by Gasteiger charge is 2.33. The van der Waals surface area contributed by atoms with Crippen LogP contribution in [0.2, 0.25) is 5.15 Å². The third kappa shape index (κ3) is 5.92. The first-order valence-corrected chi connectivity index (χ1v) is 13.4. The monoisotopic (exact) mass is 515 g/mol. The maximum absolute atomic E-state index is 13.1. The van der Waals surface area contributed by atoms with Gasteiger partial charge in [-0.15, -0.1) is 0 Å². The third-order valence-corrected chi connectivity index (χ3v) is 8.51. The van der Waals surface area contributed by atoms with Gasteiger partial charge in [-0.1, -0.05) is 72.3 Å². The average molecular weight is 516 g/mol. The predicted molar refractivity (Wildman–Crippen MR) is 136 cm³/mol. The van der Waals surface area contributed by atoms with Crippen molar-refractivity contribution in [2.45, 2.75) is 30.2 Å². The van der Waals surface area contributed by atoms with Crippen molar-refractivity contribution in [2.75, 3.05) is 19.6 Å². The lowest BCUT2D eigenvalue weighted by Gasteiger charge is -2.30. The van der Waals surface area contributed by atoms with Gasteiger partial charge in [0.05, 0.1) is 11.6 Å². The maximum Gasteiger partial charge on any atom is 0.245 e. The van der Waals surface area contributed by atoms with Crippen molar-refractivity contribution in [2.24, 2.45) is 13.0 Å². The van der Waals surface area contributed by atoms with Gasteiger partial charge in [-0.05, 0) is 24.5 Å². The van der Waals surface area contributed by atoms with Gasteiger partial charge in [0.15, 0.2) is 0 Å². The van der Waals surface area contributed by atoms with E-state index in [4.69, 9.17) is 11.6 Å². The Balaban J connectivity index is 1.41. The molecule has 2 aromatic carbocycles. The van der Waals surface area contributed by atoms with Gasteiger partial charge < -0.3 is 10.6 Å². The molecular weight excluding hydrogens is 486 g/mol. The van der Waals surface area contributed by atoms with Crippen LogP contribution in [0.5, 0.6) is 0 Å². The number of sulfonamides is 1. The number of benzene rings is 2. The number of amides is 1. The normalized spacial score (nSPS) is 18.5. The zero-order chi connectivity index (χ0) is 25.0. The lowest BCUT2D eigenvalue weighted by molar-refractivity contribution is -0.125. The molecule has 4 rings (SSSR count). The van der Waals surface area contributed by atoms with Crippen LogP contribution in [0.3, 0.4) is 0 Å². The Bertz CT molecular complexity index is 1230. The Morgan fingerprint density at radius 1 is 1.11 bits per heavy atom. The van der Waals surface area contributed by atoms with Gasteiger partial charge in [0, 0.05) is 38.6 Å². The smallest absolute Gasteiger partial charge is 0.245 e. The van der Waals surface area contributed by atoms with Crippen LogP contribution in [-0.4, -0.2) is 49.8 Å². The molecule has 0 bridgehead atoms. The molecule has 35 heavy (non-hydrogen) atoms. The van der Waals surface area contributed by atoms with E-state index in [2.05, 4.69) is 44.7 Å². The van der Waals surface area contributed by atoms with Crippen LogP contribution in [0.25, 0.3) is 0 Å². The molecule has 0 saturated carbocycles. The molecule has 1 aliphatic heterocycles. The molecule has 1 amide bonds. The van der Waals surface area contributed by atoms with Crippen LogP contribution in [0, 0.1) is 12.8 Å². The fraction of sp³-hybridized carbons (Fsp3) is 0.360. The number of rotatable bonds is 8. The van der Waals surface area contributed by atoms with Gasteiger partial charge in [0.1, 0.15) is 10.0 Å². The summed E-state index contributed by atoms with van der Waals surface area (Å²) >= 11 is 6.17. The predicted octanol–water partition coefficient (Wildman–Crippen LogP) is 2.59.